The molecule has 1 unspecified atom stereocenters. The summed E-state index contributed by atoms with van der Waals surface area (Å²) in [7, 11) is 0. The molecule has 1 rings (SSSR count). The Morgan fingerprint density at radius 3 is 2.20 bits per heavy atom. The number of carbonyl (C=O) groups excluding carboxylic acids is 2. The van der Waals surface area contributed by atoms with Gasteiger partial charge in [-0.1, -0.05) is 26.8 Å². The number of hydrogen-bond acceptors (Lipinski definition) is 2. The molecule has 1 heterocycles. The number of imide groups is 1. The van der Waals surface area contributed by atoms with E-state index in [9.17, 15) is 9.59 Å². The Balaban J connectivity index is 3.04. The van der Waals surface area contributed by atoms with Crippen molar-refractivity contribution in [3.63, 3.8) is 0 Å². The lowest BCUT2D eigenvalue weighted by Crippen LogP contribution is -2.49. The predicted molar refractivity (Wildman–Crippen MR) is 59.1 cm³/mol. The minimum atomic E-state index is -0.199. The maximum atomic E-state index is 12.1. The molecule has 0 saturated heterocycles. The van der Waals surface area contributed by atoms with Crippen LogP contribution in [-0.2, 0) is 9.59 Å². The molecule has 84 valence electrons. The number of hydrogen-bond donors (Lipinski definition) is 0. The monoisotopic (exact) mass is 209 g/mol. The largest absolute Gasteiger partial charge is 0.276 e. The van der Waals surface area contributed by atoms with E-state index in [1.165, 1.54) is 11.0 Å². The maximum absolute atomic E-state index is 12.1. The standard InChI is InChI=1S/C12H19NO2/c1-8(2)13-10(14)7-6-9(11(13)15)12(3,4)5/h6-9H,1-5H3. The highest BCUT2D eigenvalue weighted by Gasteiger charge is 2.38. The van der Waals surface area contributed by atoms with Gasteiger partial charge in [-0.3, -0.25) is 14.5 Å². The van der Waals surface area contributed by atoms with Gasteiger partial charge in [-0.2, -0.15) is 0 Å². The van der Waals surface area contributed by atoms with E-state index >= 15 is 0 Å². The van der Waals surface area contributed by atoms with Gasteiger partial charge >= 0.3 is 0 Å². The van der Waals surface area contributed by atoms with Gasteiger partial charge in [-0.05, 0) is 19.3 Å². The molecule has 3 nitrogen and oxygen atoms in total. The summed E-state index contributed by atoms with van der Waals surface area (Å²) in [6.45, 7) is 9.74. The highest BCUT2D eigenvalue weighted by Crippen LogP contribution is 2.31. The quantitative estimate of drug-likeness (QED) is 0.619. The predicted octanol–water partition coefficient (Wildman–Crippen LogP) is 1.98. The third-order valence-corrected chi connectivity index (χ3v) is 2.62. The second-order valence-corrected chi connectivity index (χ2v) is 5.34. The van der Waals surface area contributed by atoms with Crippen molar-refractivity contribution in [2.24, 2.45) is 11.3 Å². The molecule has 0 radical (unpaired) electrons. The molecule has 0 bridgehead atoms. The summed E-state index contributed by atoms with van der Waals surface area (Å²) >= 11 is 0. The summed E-state index contributed by atoms with van der Waals surface area (Å²) in [6.07, 6.45) is 3.24. The highest BCUT2D eigenvalue weighted by molar-refractivity contribution is 6.05. The van der Waals surface area contributed by atoms with E-state index in [4.69, 9.17) is 0 Å². The first kappa shape index (κ1) is 12.0. The van der Waals surface area contributed by atoms with E-state index in [0.717, 1.165) is 0 Å². The van der Waals surface area contributed by atoms with Crippen molar-refractivity contribution in [1.29, 1.82) is 0 Å². The van der Waals surface area contributed by atoms with E-state index < -0.39 is 0 Å². The lowest BCUT2D eigenvalue weighted by molar-refractivity contribution is -0.149. The summed E-state index contributed by atoms with van der Waals surface area (Å²) in [5.41, 5.74) is -0.137. The fourth-order valence-electron chi connectivity index (χ4n) is 1.77. The van der Waals surface area contributed by atoms with Crippen LogP contribution >= 0.6 is 0 Å². The van der Waals surface area contributed by atoms with Gasteiger partial charge < -0.3 is 0 Å². The molecule has 1 atom stereocenters. The van der Waals surface area contributed by atoms with Gasteiger partial charge in [0.2, 0.25) is 5.91 Å². The third kappa shape index (κ3) is 2.28. The molecule has 0 aromatic rings. The van der Waals surface area contributed by atoms with Crippen molar-refractivity contribution in [1.82, 2.24) is 4.90 Å². The van der Waals surface area contributed by atoms with Crippen LogP contribution in [0, 0.1) is 11.3 Å². The van der Waals surface area contributed by atoms with Crippen LogP contribution in [0.4, 0.5) is 0 Å². The molecule has 1 aliphatic heterocycles. The third-order valence-electron chi connectivity index (χ3n) is 2.62. The van der Waals surface area contributed by atoms with Crippen LogP contribution in [0.5, 0.6) is 0 Å². The molecule has 0 aromatic heterocycles. The first-order valence-corrected chi connectivity index (χ1v) is 5.30. The number of nitrogens with zero attached hydrogens (tertiary/aromatic N) is 1. The lowest BCUT2D eigenvalue weighted by atomic mass is 9.78. The van der Waals surface area contributed by atoms with E-state index in [-0.39, 0.29) is 29.2 Å². The molecule has 0 N–H and O–H groups in total. The summed E-state index contributed by atoms with van der Waals surface area (Å²) in [6, 6.07) is -0.0696. The molecular formula is C12H19NO2. The minimum absolute atomic E-state index is 0.0696. The van der Waals surface area contributed by atoms with Gasteiger partial charge in [0.15, 0.2) is 0 Å². The van der Waals surface area contributed by atoms with Gasteiger partial charge in [-0.25, -0.2) is 0 Å². The van der Waals surface area contributed by atoms with Crippen LogP contribution < -0.4 is 0 Å². The van der Waals surface area contributed by atoms with Crippen molar-refractivity contribution in [3.05, 3.63) is 12.2 Å². The molecule has 0 spiro atoms. The molecule has 0 aliphatic carbocycles. The van der Waals surface area contributed by atoms with E-state index in [0.29, 0.717) is 0 Å². The number of rotatable bonds is 1. The normalized spacial score (nSPS) is 22.8. The molecule has 1 aliphatic rings. The average Bonchev–Trinajstić information content (AvgIpc) is 2.00. The van der Waals surface area contributed by atoms with Gasteiger partial charge in [0.1, 0.15) is 0 Å². The van der Waals surface area contributed by atoms with Gasteiger partial charge in [0.25, 0.3) is 5.91 Å². The minimum Gasteiger partial charge on any atom is -0.276 e. The second kappa shape index (κ2) is 3.80. The molecule has 2 amide bonds. The van der Waals surface area contributed by atoms with Crippen molar-refractivity contribution in [2.75, 3.05) is 0 Å². The van der Waals surface area contributed by atoms with Crippen LogP contribution in [0.15, 0.2) is 12.2 Å². The van der Waals surface area contributed by atoms with Crippen molar-refractivity contribution in [3.8, 4) is 0 Å². The van der Waals surface area contributed by atoms with Crippen LogP contribution in [0.2, 0.25) is 0 Å². The van der Waals surface area contributed by atoms with Gasteiger partial charge in [-0.15, -0.1) is 0 Å². The summed E-state index contributed by atoms with van der Waals surface area (Å²) in [4.78, 5) is 25.0. The molecule has 0 fully saturated rings. The highest BCUT2D eigenvalue weighted by atomic mass is 16.2. The molecule has 0 saturated carbocycles. The van der Waals surface area contributed by atoms with Gasteiger partial charge in [0.05, 0.1) is 5.92 Å². The first-order chi connectivity index (χ1) is 6.75. The summed E-state index contributed by atoms with van der Waals surface area (Å²) < 4.78 is 0. The Morgan fingerprint density at radius 1 is 1.27 bits per heavy atom. The summed E-state index contributed by atoms with van der Waals surface area (Å²) in [5, 5.41) is 0. The van der Waals surface area contributed by atoms with E-state index in [1.54, 1.807) is 6.08 Å². The van der Waals surface area contributed by atoms with Crippen molar-refractivity contribution in [2.45, 2.75) is 40.7 Å². The topological polar surface area (TPSA) is 37.4 Å². The van der Waals surface area contributed by atoms with Crippen molar-refractivity contribution < 1.29 is 9.59 Å². The molecule has 3 heteroatoms. The Morgan fingerprint density at radius 2 is 1.80 bits per heavy atom. The fourth-order valence-corrected chi connectivity index (χ4v) is 1.77. The zero-order valence-corrected chi connectivity index (χ0v) is 10.1. The van der Waals surface area contributed by atoms with Crippen LogP contribution in [-0.4, -0.2) is 22.8 Å². The Hall–Kier alpha value is -1.12. The van der Waals surface area contributed by atoms with Gasteiger partial charge in [0, 0.05) is 12.1 Å². The molecule has 15 heavy (non-hydrogen) atoms. The second-order valence-electron chi connectivity index (χ2n) is 5.34. The van der Waals surface area contributed by atoms with E-state index in [1.807, 2.05) is 34.6 Å². The maximum Gasteiger partial charge on any atom is 0.253 e. The fraction of sp³-hybridized carbons (Fsp3) is 0.667. The average molecular weight is 209 g/mol. The first-order valence-electron chi connectivity index (χ1n) is 5.30. The Labute approximate surface area is 91.1 Å². The van der Waals surface area contributed by atoms with Crippen LogP contribution in [0.1, 0.15) is 34.6 Å². The number of carbonyl (C=O) groups is 2. The smallest absolute Gasteiger partial charge is 0.253 e. The lowest BCUT2D eigenvalue weighted by Gasteiger charge is -2.35. The summed E-state index contributed by atoms with van der Waals surface area (Å²) in [5.74, 6) is -0.474. The Bertz CT molecular complexity index is 310. The van der Waals surface area contributed by atoms with E-state index in [2.05, 4.69) is 0 Å². The SMILES string of the molecule is CC(C)N1C(=O)C=CC(C(C)(C)C)C1=O. The van der Waals surface area contributed by atoms with Crippen molar-refractivity contribution >= 4 is 11.8 Å². The number of amides is 2. The molecular weight excluding hydrogens is 190 g/mol. The Kier molecular flexibility index (Phi) is 3.03. The zero-order valence-electron chi connectivity index (χ0n) is 10.1. The van der Waals surface area contributed by atoms with Crippen LogP contribution in [0.3, 0.4) is 0 Å². The zero-order chi connectivity index (χ0) is 11.8. The molecule has 0 aromatic carbocycles. The van der Waals surface area contributed by atoms with Crippen LogP contribution in [0.25, 0.3) is 0 Å².